The molecule has 3 aromatic carbocycles. The Hall–Kier alpha value is -2.25. The molecular formula is C18H12ClN. The van der Waals surface area contributed by atoms with E-state index in [9.17, 15) is 0 Å². The normalized spacial score (nSPS) is 16.9. The Labute approximate surface area is 133 Å². The predicted octanol–water partition coefficient (Wildman–Crippen LogP) is 5.44. The summed E-state index contributed by atoms with van der Waals surface area (Å²) in [4.78, 5) is 0. The molecule has 0 N–H and O–H groups in total. The van der Waals surface area contributed by atoms with E-state index in [0.717, 1.165) is 0 Å². The van der Waals surface area contributed by atoms with E-state index in [-0.39, 0.29) is 46.0 Å². The maximum atomic E-state index is 8.38. The molecule has 2 heteroatoms. The maximum absolute atomic E-state index is 8.38. The molecule has 0 atom stereocenters. The van der Waals surface area contributed by atoms with Crippen molar-refractivity contribution in [3.05, 3.63) is 77.6 Å². The first-order valence-electron chi connectivity index (χ1n) is 9.93. The zero-order chi connectivity index (χ0) is 20.5. The quantitative estimate of drug-likeness (QED) is 0.439. The van der Waals surface area contributed by atoms with Crippen molar-refractivity contribution < 1.29 is 11.0 Å². The Balaban J connectivity index is 2.41. The number of rotatable bonds is 1. The number of para-hydroxylation sites is 2. The van der Waals surface area contributed by atoms with Crippen molar-refractivity contribution in [1.82, 2.24) is 4.57 Å². The summed E-state index contributed by atoms with van der Waals surface area (Å²) < 4.78 is 66.9. The fourth-order valence-electron chi connectivity index (χ4n) is 2.27. The molecule has 1 heterocycles. The summed E-state index contributed by atoms with van der Waals surface area (Å²) in [6.45, 7) is 0. The van der Waals surface area contributed by atoms with Gasteiger partial charge in [-0.15, -0.1) is 0 Å². The van der Waals surface area contributed by atoms with E-state index in [1.54, 1.807) is 24.3 Å². The van der Waals surface area contributed by atoms with Crippen molar-refractivity contribution in [2.24, 2.45) is 0 Å². The van der Waals surface area contributed by atoms with Crippen LogP contribution in [0, 0.1) is 0 Å². The van der Waals surface area contributed by atoms with Gasteiger partial charge in [-0.3, -0.25) is 0 Å². The average Bonchev–Trinajstić information content (AvgIpc) is 3.04. The van der Waals surface area contributed by atoms with Crippen molar-refractivity contribution >= 4 is 33.4 Å². The summed E-state index contributed by atoms with van der Waals surface area (Å²) in [5.41, 5.74) is 0.658. The molecule has 0 spiro atoms. The van der Waals surface area contributed by atoms with E-state index in [0.29, 0.717) is 10.7 Å². The van der Waals surface area contributed by atoms with E-state index in [1.807, 2.05) is 0 Å². The molecular weight excluding hydrogens is 266 g/mol. The highest BCUT2D eigenvalue weighted by molar-refractivity contribution is 6.30. The lowest BCUT2D eigenvalue weighted by Gasteiger charge is -2.07. The molecule has 0 aliphatic rings. The second-order valence-corrected chi connectivity index (χ2v) is 4.70. The third-order valence-corrected chi connectivity index (χ3v) is 3.37. The van der Waals surface area contributed by atoms with Crippen molar-refractivity contribution in [3.63, 3.8) is 0 Å². The van der Waals surface area contributed by atoms with Gasteiger partial charge in [0.1, 0.15) is 0 Å². The first-order valence-corrected chi connectivity index (χ1v) is 6.31. The summed E-state index contributed by atoms with van der Waals surface area (Å²) in [5, 5.41) is 0.583. The van der Waals surface area contributed by atoms with Crippen LogP contribution in [-0.4, -0.2) is 4.57 Å². The van der Waals surface area contributed by atoms with Crippen LogP contribution < -0.4 is 0 Å². The highest BCUT2D eigenvalue weighted by Crippen LogP contribution is 2.31. The minimum atomic E-state index is -0.458. The topological polar surface area (TPSA) is 4.93 Å². The van der Waals surface area contributed by atoms with Crippen LogP contribution >= 0.6 is 11.6 Å². The summed E-state index contributed by atoms with van der Waals surface area (Å²) in [6.07, 6.45) is 0. The van der Waals surface area contributed by atoms with Gasteiger partial charge in [-0.2, -0.15) is 0 Å². The van der Waals surface area contributed by atoms with Crippen LogP contribution in [0.1, 0.15) is 11.0 Å². The zero-order valence-corrected chi connectivity index (χ0v) is 10.9. The minimum absolute atomic E-state index is 0.0583. The standard InChI is InChI=1S/C18H12ClN/c19-13-9-11-14(12-10-13)20-17-7-3-1-5-15(17)16-6-2-4-8-18(16)20/h1-12H/i1D,2D,3D,4D,5D,6D,7D,8D. The van der Waals surface area contributed by atoms with Gasteiger partial charge in [0, 0.05) is 21.5 Å². The van der Waals surface area contributed by atoms with Gasteiger partial charge in [0.2, 0.25) is 0 Å². The van der Waals surface area contributed by atoms with Crippen LogP contribution in [0.2, 0.25) is 5.02 Å². The van der Waals surface area contributed by atoms with Gasteiger partial charge in [-0.05, 0) is 36.4 Å². The highest BCUT2D eigenvalue weighted by Gasteiger charge is 2.10. The molecule has 4 rings (SSSR count). The molecule has 0 fully saturated rings. The Kier molecular flexibility index (Phi) is 1.32. The molecule has 1 aromatic heterocycles. The van der Waals surface area contributed by atoms with Crippen LogP contribution in [-0.2, 0) is 0 Å². The van der Waals surface area contributed by atoms with Crippen LogP contribution in [0.5, 0.6) is 0 Å². The van der Waals surface area contributed by atoms with Gasteiger partial charge in [0.25, 0.3) is 0 Å². The molecule has 0 aliphatic carbocycles. The molecule has 0 radical (unpaired) electrons. The van der Waals surface area contributed by atoms with E-state index in [2.05, 4.69) is 0 Å². The lowest BCUT2D eigenvalue weighted by atomic mass is 10.2. The van der Waals surface area contributed by atoms with Crippen molar-refractivity contribution in [2.75, 3.05) is 0 Å². The van der Waals surface area contributed by atoms with Gasteiger partial charge in [-0.25, -0.2) is 0 Å². The monoisotopic (exact) mass is 285 g/mol. The zero-order valence-electron chi connectivity index (χ0n) is 18.1. The van der Waals surface area contributed by atoms with Crippen LogP contribution in [0.3, 0.4) is 0 Å². The van der Waals surface area contributed by atoms with E-state index >= 15 is 0 Å². The Morgan fingerprint density at radius 1 is 0.750 bits per heavy atom. The lowest BCUT2D eigenvalue weighted by Crippen LogP contribution is -1.92. The lowest BCUT2D eigenvalue weighted by molar-refractivity contribution is 1.18. The number of nitrogens with zero attached hydrogens (tertiary/aromatic N) is 1. The fourth-order valence-corrected chi connectivity index (χ4v) is 2.40. The molecule has 0 saturated heterocycles. The number of halogens is 1. The molecule has 0 bridgehead atoms. The molecule has 0 unspecified atom stereocenters. The summed E-state index contributed by atoms with van der Waals surface area (Å²) in [6, 6.07) is 3.33. The average molecular weight is 286 g/mol. The second kappa shape index (κ2) is 4.39. The minimum Gasteiger partial charge on any atom is -0.309 e. The molecule has 20 heavy (non-hydrogen) atoms. The van der Waals surface area contributed by atoms with Gasteiger partial charge < -0.3 is 4.57 Å². The third kappa shape index (κ3) is 1.64. The SMILES string of the molecule is [2H]c1c([2H])c([2H])c2c(c1[2H])c1c([2H])c([2H])c([2H])c([2H])c1n2-c1ccc(Cl)cc1. The Bertz CT molecular complexity index is 1220. The Morgan fingerprint density at radius 2 is 1.25 bits per heavy atom. The number of hydrogen-bond donors (Lipinski definition) is 0. The van der Waals surface area contributed by atoms with Gasteiger partial charge in [0.15, 0.2) is 0 Å². The molecule has 0 amide bonds. The van der Waals surface area contributed by atoms with Crippen molar-refractivity contribution in [3.8, 4) is 5.69 Å². The molecule has 0 aliphatic heterocycles. The van der Waals surface area contributed by atoms with Gasteiger partial charge in [-0.1, -0.05) is 47.9 Å². The van der Waals surface area contributed by atoms with Crippen molar-refractivity contribution in [2.45, 2.75) is 0 Å². The van der Waals surface area contributed by atoms with E-state index in [4.69, 9.17) is 22.6 Å². The molecule has 4 aromatic rings. The summed E-state index contributed by atoms with van der Waals surface area (Å²) in [7, 11) is 0. The van der Waals surface area contributed by atoms with Gasteiger partial charge in [0.05, 0.1) is 22.0 Å². The second-order valence-electron chi connectivity index (χ2n) is 4.26. The first-order chi connectivity index (χ1) is 13.2. The van der Waals surface area contributed by atoms with Crippen molar-refractivity contribution in [1.29, 1.82) is 0 Å². The maximum Gasteiger partial charge on any atom is 0.0645 e. The van der Waals surface area contributed by atoms with E-state index in [1.165, 1.54) is 4.57 Å². The van der Waals surface area contributed by atoms with Crippen LogP contribution in [0.4, 0.5) is 0 Å². The summed E-state index contributed by atoms with van der Waals surface area (Å²) in [5.74, 6) is 0. The number of aromatic nitrogens is 1. The van der Waals surface area contributed by atoms with E-state index < -0.39 is 24.2 Å². The van der Waals surface area contributed by atoms with Gasteiger partial charge >= 0.3 is 0 Å². The number of fused-ring (bicyclic) bond motifs is 3. The number of benzene rings is 3. The fraction of sp³-hybridized carbons (Fsp3) is 0. The number of hydrogen-bond acceptors (Lipinski definition) is 0. The largest absolute Gasteiger partial charge is 0.309 e. The molecule has 1 nitrogen and oxygen atoms in total. The molecule has 96 valence electrons. The third-order valence-electron chi connectivity index (χ3n) is 3.12. The predicted molar refractivity (Wildman–Crippen MR) is 85.8 cm³/mol. The van der Waals surface area contributed by atoms with Crippen LogP contribution in [0.15, 0.2) is 72.6 Å². The Morgan fingerprint density at radius 3 is 1.80 bits per heavy atom. The van der Waals surface area contributed by atoms with Crippen LogP contribution in [0.25, 0.3) is 27.5 Å². The first kappa shape index (κ1) is 6.02. The highest BCUT2D eigenvalue weighted by atomic mass is 35.5. The summed E-state index contributed by atoms with van der Waals surface area (Å²) >= 11 is 5.96. The smallest absolute Gasteiger partial charge is 0.0645 e. The molecule has 0 saturated carbocycles.